The predicted octanol–water partition coefficient (Wildman–Crippen LogP) is 4.62. The van der Waals surface area contributed by atoms with E-state index < -0.39 is 11.7 Å². The highest BCUT2D eigenvalue weighted by molar-refractivity contribution is 6.04. The summed E-state index contributed by atoms with van der Waals surface area (Å²) in [4.78, 5) is 20.9. The number of fused-ring (bicyclic) bond motifs is 3. The molecule has 0 radical (unpaired) electrons. The Morgan fingerprint density at radius 1 is 1.00 bits per heavy atom. The Kier molecular flexibility index (Phi) is 5.61. The second-order valence-corrected chi connectivity index (χ2v) is 8.35. The zero-order valence-electron chi connectivity index (χ0n) is 18.8. The maximum Gasteiger partial charge on any atom is 0.407 e. The van der Waals surface area contributed by atoms with Crippen LogP contribution in [-0.2, 0) is 11.3 Å². The van der Waals surface area contributed by atoms with Crippen molar-refractivity contribution in [2.75, 3.05) is 14.2 Å². The number of hydrogen-bond acceptors (Lipinski definition) is 6. The van der Waals surface area contributed by atoms with Crippen molar-refractivity contribution in [3.05, 3.63) is 54.5 Å². The minimum atomic E-state index is -0.527. The van der Waals surface area contributed by atoms with Crippen LogP contribution in [0.3, 0.4) is 0 Å². The molecule has 0 atom stereocenters. The average Bonchev–Trinajstić information content (AvgIpc) is 3.20. The predicted molar refractivity (Wildman–Crippen MR) is 123 cm³/mol. The summed E-state index contributed by atoms with van der Waals surface area (Å²) in [6, 6.07) is 11.7. The molecule has 4 rings (SSSR count). The van der Waals surface area contributed by atoms with Crippen LogP contribution in [0.25, 0.3) is 27.6 Å². The maximum atomic E-state index is 11.9. The van der Waals surface area contributed by atoms with Gasteiger partial charge in [-0.2, -0.15) is 0 Å². The third-order valence-electron chi connectivity index (χ3n) is 4.93. The number of carbonyl (C=O) groups excluding carboxylic acids is 1. The SMILES string of the molecule is COc1cc2ncc3ncn(-c4ccc(CNC(=O)OC(C)(C)C)cc4)c3c2cc1OC. The number of pyridine rings is 1. The summed E-state index contributed by atoms with van der Waals surface area (Å²) in [5, 5.41) is 3.68. The van der Waals surface area contributed by atoms with Crippen LogP contribution in [0.15, 0.2) is 48.9 Å². The molecule has 0 saturated carbocycles. The monoisotopic (exact) mass is 434 g/mol. The molecule has 8 nitrogen and oxygen atoms in total. The summed E-state index contributed by atoms with van der Waals surface area (Å²) in [7, 11) is 3.21. The van der Waals surface area contributed by atoms with Gasteiger partial charge in [0.1, 0.15) is 17.4 Å². The Balaban J connectivity index is 1.65. The van der Waals surface area contributed by atoms with Crippen molar-refractivity contribution >= 4 is 28.0 Å². The lowest BCUT2D eigenvalue weighted by atomic mass is 10.1. The molecule has 1 N–H and O–H groups in total. The number of ether oxygens (including phenoxy) is 3. The van der Waals surface area contributed by atoms with Crippen molar-refractivity contribution in [1.29, 1.82) is 0 Å². The summed E-state index contributed by atoms with van der Waals surface area (Å²) >= 11 is 0. The fraction of sp³-hybridized carbons (Fsp3) is 0.292. The van der Waals surface area contributed by atoms with E-state index in [2.05, 4.69) is 15.3 Å². The van der Waals surface area contributed by atoms with Gasteiger partial charge in [0.25, 0.3) is 0 Å². The molecule has 1 amide bonds. The van der Waals surface area contributed by atoms with Crippen LogP contribution >= 0.6 is 0 Å². The van der Waals surface area contributed by atoms with E-state index in [1.54, 1.807) is 26.7 Å². The molecule has 0 aliphatic heterocycles. The Labute approximate surface area is 186 Å². The third kappa shape index (κ3) is 4.30. The number of aromatic nitrogens is 3. The highest BCUT2D eigenvalue weighted by Crippen LogP contribution is 2.35. The van der Waals surface area contributed by atoms with Gasteiger partial charge in [-0.3, -0.25) is 9.55 Å². The fourth-order valence-electron chi connectivity index (χ4n) is 3.48. The van der Waals surface area contributed by atoms with Gasteiger partial charge in [-0.05, 0) is 44.5 Å². The Hall–Kier alpha value is -3.81. The summed E-state index contributed by atoms with van der Waals surface area (Å²) in [6.07, 6.45) is 3.08. The standard InChI is InChI=1S/C24H26N4O4/c1-24(2,3)32-23(29)26-12-15-6-8-16(9-7-15)28-14-27-19-13-25-18-11-21(31-5)20(30-4)10-17(18)22(19)28/h6-11,13-14H,12H2,1-5H3,(H,26,29). The van der Waals surface area contributed by atoms with Gasteiger partial charge in [0.05, 0.1) is 31.4 Å². The van der Waals surface area contributed by atoms with Crippen LogP contribution in [-0.4, -0.2) is 40.4 Å². The van der Waals surface area contributed by atoms with Crippen molar-refractivity contribution in [1.82, 2.24) is 19.9 Å². The maximum absolute atomic E-state index is 11.9. The molecule has 166 valence electrons. The Morgan fingerprint density at radius 3 is 2.34 bits per heavy atom. The summed E-state index contributed by atoms with van der Waals surface area (Å²) in [5.41, 5.74) is 3.87. The number of imidazole rings is 1. The van der Waals surface area contributed by atoms with Gasteiger partial charge in [0, 0.05) is 23.7 Å². The van der Waals surface area contributed by atoms with Crippen molar-refractivity contribution in [2.24, 2.45) is 0 Å². The molecule has 0 saturated heterocycles. The molecule has 0 unspecified atom stereocenters. The first-order chi connectivity index (χ1) is 15.3. The van der Waals surface area contributed by atoms with Crippen LogP contribution in [0.2, 0.25) is 0 Å². The minimum absolute atomic E-state index is 0.379. The van der Waals surface area contributed by atoms with Crippen LogP contribution in [0.4, 0.5) is 4.79 Å². The highest BCUT2D eigenvalue weighted by Gasteiger charge is 2.16. The molecule has 2 heterocycles. The van der Waals surface area contributed by atoms with Crippen LogP contribution in [0.1, 0.15) is 26.3 Å². The van der Waals surface area contributed by atoms with E-state index >= 15 is 0 Å². The molecule has 2 aromatic heterocycles. The highest BCUT2D eigenvalue weighted by atomic mass is 16.6. The molecule has 0 fully saturated rings. The molecule has 4 aromatic rings. The van der Waals surface area contributed by atoms with E-state index in [0.29, 0.717) is 18.0 Å². The topological polar surface area (TPSA) is 87.5 Å². The van der Waals surface area contributed by atoms with Crippen LogP contribution < -0.4 is 14.8 Å². The summed E-state index contributed by atoms with van der Waals surface area (Å²) in [6.45, 7) is 5.88. The summed E-state index contributed by atoms with van der Waals surface area (Å²) < 4.78 is 18.2. The van der Waals surface area contributed by atoms with Crippen molar-refractivity contribution < 1.29 is 19.0 Å². The van der Waals surface area contributed by atoms with Gasteiger partial charge in [-0.1, -0.05) is 12.1 Å². The number of amides is 1. The zero-order chi connectivity index (χ0) is 22.9. The number of alkyl carbamates (subject to hydrolysis) is 1. The van der Waals surface area contributed by atoms with Gasteiger partial charge in [-0.15, -0.1) is 0 Å². The van der Waals surface area contributed by atoms with Gasteiger partial charge in [0.15, 0.2) is 11.5 Å². The molecule has 0 aliphatic carbocycles. The van der Waals surface area contributed by atoms with Crippen LogP contribution in [0, 0.1) is 0 Å². The van der Waals surface area contributed by atoms with Gasteiger partial charge >= 0.3 is 6.09 Å². The van der Waals surface area contributed by atoms with Crippen molar-refractivity contribution in [3.63, 3.8) is 0 Å². The normalized spacial score (nSPS) is 11.5. The summed E-state index contributed by atoms with van der Waals surface area (Å²) in [5.74, 6) is 1.25. The quantitative estimate of drug-likeness (QED) is 0.493. The first kappa shape index (κ1) is 21.4. The second-order valence-electron chi connectivity index (χ2n) is 8.35. The van der Waals surface area contributed by atoms with Crippen molar-refractivity contribution in [3.8, 4) is 17.2 Å². The molecule has 2 aromatic carbocycles. The molecule has 32 heavy (non-hydrogen) atoms. The smallest absolute Gasteiger partial charge is 0.407 e. The average molecular weight is 434 g/mol. The number of nitrogens with zero attached hydrogens (tertiary/aromatic N) is 3. The number of hydrogen-bond donors (Lipinski definition) is 1. The Bertz CT molecular complexity index is 1270. The van der Waals surface area contributed by atoms with Gasteiger partial charge in [0.2, 0.25) is 0 Å². The van der Waals surface area contributed by atoms with E-state index in [9.17, 15) is 4.79 Å². The van der Waals surface area contributed by atoms with E-state index in [4.69, 9.17) is 14.2 Å². The molecule has 0 aliphatic rings. The fourth-order valence-corrected chi connectivity index (χ4v) is 3.48. The number of methoxy groups -OCH3 is 2. The number of rotatable bonds is 5. The van der Waals surface area contributed by atoms with Gasteiger partial charge in [-0.25, -0.2) is 9.78 Å². The Morgan fingerprint density at radius 2 is 1.69 bits per heavy atom. The van der Waals surface area contributed by atoms with Crippen LogP contribution in [0.5, 0.6) is 11.5 Å². The third-order valence-corrected chi connectivity index (χ3v) is 4.93. The molecular weight excluding hydrogens is 408 g/mol. The lowest BCUT2D eigenvalue weighted by Crippen LogP contribution is -2.32. The van der Waals surface area contributed by atoms with Gasteiger partial charge < -0.3 is 19.5 Å². The van der Waals surface area contributed by atoms with E-state index in [-0.39, 0.29) is 0 Å². The first-order valence-electron chi connectivity index (χ1n) is 10.2. The van der Waals surface area contributed by atoms with E-state index in [1.807, 2.05) is 61.7 Å². The lowest BCUT2D eigenvalue weighted by molar-refractivity contribution is 0.0523. The molecule has 8 heteroatoms. The van der Waals surface area contributed by atoms with Crippen molar-refractivity contribution in [2.45, 2.75) is 32.9 Å². The molecular formula is C24H26N4O4. The molecule has 0 bridgehead atoms. The minimum Gasteiger partial charge on any atom is -0.493 e. The number of benzene rings is 2. The second kappa shape index (κ2) is 8.37. The van der Waals surface area contributed by atoms with E-state index in [0.717, 1.165) is 33.2 Å². The zero-order valence-corrected chi connectivity index (χ0v) is 18.8. The largest absolute Gasteiger partial charge is 0.493 e. The van der Waals surface area contributed by atoms with E-state index in [1.165, 1.54) is 0 Å². The lowest BCUT2D eigenvalue weighted by Gasteiger charge is -2.19. The first-order valence-corrected chi connectivity index (χ1v) is 10.2. The molecule has 0 spiro atoms. The number of nitrogens with one attached hydrogen (secondary N) is 1. The number of carbonyl (C=O) groups is 1.